The van der Waals surface area contributed by atoms with E-state index in [1.165, 1.54) is 12.1 Å². The van der Waals surface area contributed by atoms with Gasteiger partial charge in [-0.15, -0.1) is 0 Å². The highest BCUT2D eigenvalue weighted by molar-refractivity contribution is 6.01. The number of carbonyl (C=O) groups excluding carboxylic acids is 1. The van der Waals surface area contributed by atoms with E-state index >= 15 is 0 Å². The maximum atomic E-state index is 13.3. The molecule has 0 aromatic heterocycles. The van der Waals surface area contributed by atoms with Gasteiger partial charge in [0.15, 0.2) is 0 Å². The van der Waals surface area contributed by atoms with Crippen molar-refractivity contribution in [2.45, 2.75) is 12.5 Å². The van der Waals surface area contributed by atoms with E-state index in [2.05, 4.69) is 10.6 Å². The molecule has 90 valence electrons. The molecule has 1 unspecified atom stereocenters. The topological polar surface area (TPSA) is 44.4 Å². The molecule has 2 N–H and O–H groups in total. The van der Waals surface area contributed by atoms with E-state index in [0.29, 0.717) is 12.2 Å². The minimum Gasteiger partial charge on any atom is -0.356 e. The van der Waals surface area contributed by atoms with E-state index in [4.69, 9.17) is 0 Å². The first kappa shape index (κ1) is 10.5. The second kappa shape index (κ2) is 4.00. The molecular weight excluding hydrogens is 221 g/mol. The van der Waals surface area contributed by atoms with Crippen LogP contribution < -0.4 is 15.5 Å². The molecule has 17 heavy (non-hydrogen) atoms. The molecule has 4 nitrogen and oxygen atoms in total. The van der Waals surface area contributed by atoms with E-state index in [9.17, 15) is 9.18 Å². The number of benzene rings is 1. The van der Waals surface area contributed by atoms with Crippen LogP contribution in [0.1, 0.15) is 6.42 Å². The molecule has 2 aliphatic rings. The quantitative estimate of drug-likeness (QED) is 0.761. The van der Waals surface area contributed by atoms with Crippen molar-refractivity contribution in [2.75, 3.05) is 29.9 Å². The van der Waals surface area contributed by atoms with Gasteiger partial charge in [0, 0.05) is 12.6 Å². The molecule has 1 fully saturated rings. The lowest BCUT2D eigenvalue weighted by molar-refractivity contribution is -0.115. The number of rotatable bonds is 1. The van der Waals surface area contributed by atoms with Crippen LogP contribution >= 0.6 is 0 Å². The molecule has 0 spiro atoms. The minimum absolute atomic E-state index is 0.0315. The first-order chi connectivity index (χ1) is 8.24. The Balaban J connectivity index is 1.99. The van der Waals surface area contributed by atoms with Crippen molar-refractivity contribution < 1.29 is 9.18 Å². The lowest BCUT2D eigenvalue weighted by Crippen LogP contribution is -2.45. The summed E-state index contributed by atoms with van der Waals surface area (Å²) in [5, 5.41) is 6.04. The van der Waals surface area contributed by atoms with Gasteiger partial charge in [-0.05, 0) is 31.2 Å². The Morgan fingerprint density at radius 2 is 2.29 bits per heavy atom. The second-order valence-electron chi connectivity index (χ2n) is 4.48. The van der Waals surface area contributed by atoms with E-state index < -0.39 is 0 Å². The Kier molecular flexibility index (Phi) is 2.48. The predicted octanol–water partition coefficient (Wildman–Crippen LogP) is 0.946. The fraction of sp³-hybridized carbons (Fsp3) is 0.417. The van der Waals surface area contributed by atoms with Gasteiger partial charge in [-0.2, -0.15) is 0 Å². The molecule has 1 saturated heterocycles. The second-order valence-corrected chi connectivity index (χ2v) is 4.48. The highest BCUT2D eigenvalue weighted by Crippen LogP contribution is 2.32. The van der Waals surface area contributed by atoms with E-state index in [0.717, 1.165) is 25.2 Å². The van der Waals surface area contributed by atoms with E-state index in [1.54, 1.807) is 6.07 Å². The van der Waals surface area contributed by atoms with Crippen molar-refractivity contribution in [3.63, 3.8) is 0 Å². The van der Waals surface area contributed by atoms with Crippen LogP contribution in [0.4, 0.5) is 15.8 Å². The Bertz CT molecular complexity index is 457. The summed E-state index contributed by atoms with van der Waals surface area (Å²) < 4.78 is 13.3. The molecule has 2 aliphatic heterocycles. The molecule has 1 atom stereocenters. The summed E-state index contributed by atoms with van der Waals surface area (Å²) in [6, 6.07) is 4.77. The molecule has 0 saturated carbocycles. The van der Waals surface area contributed by atoms with Crippen LogP contribution in [0.15, 0.2) is 18.2 Å². The smallest absolute Gasteiger partial charge is 0.243 e. The molecule has 1 aromatic rings. The summed E-state index contributed by atoms with van der Waals surface area (Å²) in [5.74, 6) is -0.299. The van der Waals surface area contributed by atoms with E-state index in [1.807, 2.05) is 4.90 Å². The summed E-state index contributed by atoms with van der Waals surface area (Å²) in [4.78, 5) is 13.6. The number of anilines is 2. The van der Waals surface area contributed by atoms with Crippen molar-refractivity contribution in [1.82, 2.24) is 5.32 Å². The zero-order valence-electron chi connectivity index (χ0n) is 9.37. The largest absolute Gasteiger partial charge is 0.356 e. The number of carbonyl (C=O) groups is 1. The van der Waals surface area contributed by atoms with Crippen molar-refractivity contribution in [1.29, 1.82) is 0 Å². The number of amides is 1. The third kappa shape index (κ3) is 1.86. The minimum atomic E-state index is -0.268. The van der Waals surface area contributed by atoms with Gasteiger partial charge in [-0.1, -0.05) is 0 Å². The van der Waals surface area contributed by atoms with Gasteiger partial charge in [-0.25, -0.2) is 4.39 Å². The van der Waals surface area contributed by atoms with Crippen molar-refractivity contribution in [3.05, 3.63) is 24.0 Å². The number of hydrogen-bond acceptors (Lipinski definition) is 3. The normalized spacial score (nSPS) is 23.5. The summed E-state index contributed by atoms with van der Waals surface area (Å²) in [6.45, 7) is 2.11. The van der Waals surface area contributed by atoms with Crippen molar-refractivity contribution >= 4 is 17.3 Å². The highest BCUT2D eigenvalue weighted by atomic mass is 19.1. The zero-order chi connectivity index (χ0) is 11.8. The fourth-order valence-corrected chi connectivity index (χ4v) is 2.51. The molecule has 1 amide bonds. The maximum Gasteiger partial charge on any atom is 0.243 e. The van der Waals surface area contributed by atoms with Gasteiger partial charge >= 0.3 is 0 Å². The van der Waals surface area contributed by atoms with Crippen molar-refractivity contribution in [2.24, 2.45) is 0 Å². The summed E-state index contributed by atoms with van der Waals surface area (Å²) >= 11 is 0. The Hall–Kier alpha value is -1.62. The number of nitrogens with one attached hydrogen (secondary N) is 2. The van der Waals surface area contributed by atoms with Crippen LogP contribution in [-0.2, 0) is 4.79 Å². The van der Waals surface area contributed by atoms with Crippen LogP contribution in [0.2, 0.25) is 0 Å². The van der Waals surface area contributed by atoms with Gasteiger partial charge in [0.2, 0.25) is 5.91 Å². The lowest BCUT2D eigenvalue weighted by atomic mass is 10.1. The predicted molar refractivity (Wildman–Crippen MR) is 63.7 cm³/mol. The molecule has 0 radical (unpaired) electrons. The van der Waals surface area contributed by atoms with E-state index in [-0.39, 0.29) is 17.8 Å². The summed E-state index contributed by atoms with van der Waals surface area (Å²) in [7, 11) is 0. The molecule has 3 rings (SSSR count). The van der Waals surface area contributed by atoms with Crippen LogP contribution in [-0.4, -0.2) is 31.6 Å². The third-order valence-corrected chi connectivity index (χ3v) is 3.33. The average molecular weight is 235 g/mol. The molecular formula is C12H14FN3O. The Morgan fingerprint density at radius 1 is 1.41 bits per heavy atom. The van der Waals surface area contributed by atoms with Gasteiger partial charge in [0.1, 0.15) is 5.82 Å². The summed E-state index contributed by atoms with van der Waals surface area (Å²) in [5.41, 5.74) is 1.49. The molecule has 0 bridgehead atoms. The number of hydrogen-bond donors (Lipinski definition) is 2. The van der Waals surface area contributed by atoms with Crippen molar-refractivity contribution in [3.8, 4) is 0 Å². The monoisotopic (exact) mass is 235 g/mol. The standard InChI is InChI=1S/C12H14FN3O/c13-8-1-2-10-11(5-8)16(7-12(17)15-10)9-3-4-14-6-9/h1-2,5,9,14H,3-4,6-7H2,(H,15,17). The third-order valence-electron chi connectivity index (χ3n) is 3.33. The van der Waals surface area contributed by atoms with Crippen LogP contribution in [0.5, 0.6) is 0 Å². The Labute approximate surface area is 98.8 Å². The Morgan fingerprint density at radius 3 is 3.06 bits per heavy atom. The molecule has 1 aromatic carbocycles. The fourth-order valence-electron chi connectivity index (χ4n) is 2.51. The van der Waals surface area contributed by atoms with Crippen LogP contribution in [0.25, 0.3) is 0 Å². The summed E-state index contributed by atoms with van der Waals surface area (Å²) in [6.07, 6.45) is 0.989. The van der Waals surface area contributed by atoms with Gasteiger partial charge in [0.05, 0.1) is 17.9 Å². The van der Waals surface area contributed by atoms with Gasteiger partial charge in [0.25, 0.3) is 0 Å². The zero-order valence-corrected chi connectivity index (χ0v) is 9.37. The first-order valence-corrected chi connectivity index (χ1v) is 5.81. The lowest BCUT2D eigenvalue weighted by Gasteiger charge is -2.35. The molecule has 5 heteroatoms. The molecule has 0 aliphatic carbocycles. The van der Waals surface area contributed by atoms with Crippen LogP contribution in [0.3, 0.4) is 0 Å². The number of nitrogens with zero attached hydrogens (tertiary/aromatic N) is 1. The molecule has 2 heterocycles. The first-order valence-electron chi connectivity index (χ1n) is 5.81. The number of halogens is 1. The highest BCUT2D eigenvalue weighted by Gasteiger charge is 2.29. The maximum absolute atomic E-state index is 13.3. The number of fused-ring (bicyclic) bond motifs is 1. The van der Waals surface area contributed by atoms with Crippen LogP contribution in [0, 0.1) is 5.82 Å². The average Bonchev–Trinajstić information content (AvgIpc) is 2.82. The van der Waals surface area contributed by atoms with Gasteiger partial charge in [-0.3, -0.25) is 4.79 Å². The van der Waals surface area contributed by atoms with Gasteiger partial charge < -0.3 is 15.5 Å². The SMILES string of the molecule is O=C1CN(C2CCNC2)c2cc(F)ccc2N1.